The van der Waals surface area contributed by atoms with Gasteiger partial charge in [-0.25, -0.2) is 0 Å². The van der Waals surface area contributed by atoms with Gasteiger partial charge < -0.3 is 15.6 Å². The van der Waals surface area contributed by atoms with Gasteiger partial charge in [0.2, 0.25) is 0 Å². The highest BCUT2D eigenvalue weighted by Gasteiger charge is 2.39. The molecule has 0 aliphatic heterocycles. The topological polar surface area (TPSA) is 55.5 Å². The van der Waals surface area contributed by atoms with Gasteiger partial charge in [-0.15, -0.1) is 0 Å². The largest absolute Gasteiger partial charge is 0.507 e. The number of phenols is 1. The fourth-order valence-corrected chi connectivity index (χ4v) is 2.18. The molecule has 0 aromatic heterocycles. The second-order valence-corrected chi connectivity index (χ2v) is 4.83. The van der Waals surface area contributed by atoms with E-state index in [1.807, 2.05) is 19.9 Å². The summed E-state index contributed by atoms with van der Waals surface area (Å²) in [6, 6.07) is 5.34. The molecule has 0 atom stereocenters. The minimum atomic E-state index is -0.393. The molecule has 88 valence electrons. The zero-order valence-electron chi connectivity index (χ0n) is 9.86. The first-order valence-electron chi connectivity index (χ1n) is 5.81. The van der Waals surface area contributed by atoms with Crippen molar-refractivity contribution >= 4 is 0 Å². The molecular weight excluding hydrogens is 202 g/mol. The molecule has 1 aromatic carbocycles. The summed E-state index contributed by atoms with van der Waals surface area (Å²) in [7, 11) is 0. The van der Waals surface area contributed by atoms with Crippen molar-refractivity contribution in [2.24, 2.45) is 5.73 Å². The summed E-state index contributed by atoms with van der Waals surface area (Å²) in [5.41, 5.74) is 6.64. The number of rotatable bonds is 3. The summed E-state index contributed by atoms with van der Waals surface area (Å²) >= 11 is 0. The third-order valence-corrected chi connectivity index (χ3v) is 3.11. The molecule has 1 aliphatic carbocycles. The Morgan fingerprint density at radius 2 is 2.06 bits per heavy atom. The highest BCUT2D eigenvalue weighted by molar-refractivity contribution is 5.49. The number of benzene rings is 1. The molecule has 2 rings (SSSR count). The van der Waals surface area contributed by atoms with Gasteiger partial charge in [-0.2, -0.15) is 0 Å². The lowest BCUT2D eigenvalue weighted by molar-refractivity contribution is 0.205. The number of ether oxygens (including phenoxy) is 1. The molecule has 0 amide bonds. The van der Waals surface area contributed by atoms with E-state index in [0.29, 0.717) is 0 Å². The maximum Gasteiger partial charge on any atom is 0.128 e. The van der Waals surface area contributed by atoms with Crippen molar-refractivity contribution in [3.05, 3.63) is 23.8 Å². The summed E-state index contributed by atoms with van der Waals surface area (Å²) in [6.07, 6.45) is 3.04. The highest BCUT2D eigenvalue weighted by atomic mass is 16.5. The van der Waals surface area contributed by atoms with E-state index < -0.39 is 5.54 Å². The van der Waals surface area contributed by atoms with Gasteiger partial charge in [-0.1, -0.05) is 6.07 Å². The van der Waals surface area contributed by atoms with Crippen LogP contribution in [0.1, 0.15) is 38.7 Å². The third kappa shape index (κ3) is 1.87. The first-order valence-corrected chi connectivity index (χ1v) is 5.81. The van der Waals surface area contributed by atoms with Crippen LogP contribution < -0.4 is 10.5 Å². The molecule has 0 saturated heterocycles. The lowest BCUT2D eigenvalue weighted by Gasteiger charge is -2.39. The Labute approximate surface area is 96.2 Å². The van der Waals surface area contributed by atoms with Gasteiger partial charge in [0.15, 0.2) is 0 Å². The van der Waals surface area contributed by atoms with Crippen LogP contribution in [0.15, 0.2) is 18.2 Å². The molecule has 3 N–H and O–H groups in total. The van der Waals surface area contributed by atoms with Crippen molar-refractivity contribution in [3.8, 4) is 11.5 Å². The van der Waals surface area contributed by atoms with Crippen LogP contribution in [-0.4, -0.2) is 11.2 Å². The van der Waals surface area contributed by atoms with E-state index in [4.69, 9.17) is 10.5 Å². The number of phenolic OH excluding ortho intramolecular Hbond substituents is 1. The summed E-state index contributed by atoms with van der Waals surface area (Å²) in [5, 5.41) is 9.94. The predicted octanol–water partition coefficient (Wildman–Crippen LogP) is 2.52. The van der Waals surface area contributed by atoms with E-state index in [1.165, 1.54) is 0 Å². The second kappa shape index (κ2) is 3.98. The molecule has 1 fully saturated rings. The lowest BCUT2D eigenvalue weighted by atomic mass is 9.72. The van der Waals surface area contributed by atoms with E-state index in [-0.39, 0.29) is 11.9 Å². The van der Waals surface area contributed by atoms with E-state index in [9.17, 15) is 5.11 Å². The SMILES string of the molecule is CC(C)Oc1cccc(O)c1C1(N)CCC1. The molecule has 1 aromatic rings. The molecule has 3 heteroatoms. The van der Waals surface area contributed by atoms with E-state index in [1.54, 1.807) is 12.1 Å². The normalized spacial score (nSPS) is 18.2. The van der Waals surface area contributed by atoms with Crippen LogP contribution >= 0.6 is 0 Å². The average molecular weight is 221 g/mol. The Morgan fingerprint density at radius 3 is 2.56 bits per heavy atom. The van der Waals surface area contributed by atoms with Crippen molar-refractivity contribution < 1.29 is 9.84 Å². The number of hydrogen-bond donors (Lipinski definition) is 2. The highest BCUT2D eigenvalue weighted by Crippen LogP contribution is 2.46. The number of aromatic hydroxyl groups is 1. The van der Waals surface area contributed by atoms with Gasteiger partial charge in [0.05, 0.1) is 11.7 Å². The quantitative estimate of drug-likeness (QED) is 0.824. The first-order chi connectivity index (χ1) is 7.53. The van der Waals surface area contributed by atoms with E-state index in [2.05, 4.69) is 0 Å². The maximum atomic E-state index is 9.94. The van der Waals surface area contributed by atoms with Gasteiger partial charge >= 0.3 is 0 Å². The van der Waals surface area contributed by atoms with Crippen molar-refractivity contribution in [2.75, 3.05) is 0 Å². The summed E-state index contributed by atoms with van der Waals surface area (Å²) in [4.78, 5) is 0. The molecule has 16 heavy (non-hydrogen) atoms. The monoisotopic (exact) mass is 221 g/mol. The van der Waals surface area contributed by atoms with Crippen LogP contribution in [-0.2, 0) is 5.54 Å². The molecule has 1 saturated carbocycles. The Kier molecular flexibility index (Phi) is 2.80. The standard InChI is InChI=1S/C13H19NO2/c1-9(2)16-11-6-3-5-10(15)12(11)13(14)7-4-8-13/h3,5-6,9,15H,4,7-8,14H2,1-2H3. The van der Waals surface area contributed by atoms with E-state index >= 15 is 0 Å². The van der Waals surface area contributed by atoms with Gasteiger partial charge in [0.1, 0.15) is 11.5 Å². The van der Waals surface area contributed by atoms with Crippen LogP contribution in [0.5, 0.6) is 11.5 Å². The predicted molar refractivity (Wildman–Crippen MR) is 63.6 cm³/mol. The fourth-order valence-electron chi connectivity index (χ4n) is 2.18. The van der Waals surface area contributed by atoms with Crippen LogP contribution in [0.25, 0.3) is 0 Å². The van der Waals surface area contributed by atoms with Crippen LogP contribution in [0.3, 0.4) is 0 Å². The van der Waals surface area contributed by atoms with Crippen molar-refractivity contribution in [1.29, 1.82) is 0 Å². The average Bonchev–Trinajstić information content (AvgIpc) is 2.14. The van der Waals surface area contributed by atoms with Crippen LogP contribution in [0, 0.1) is 0 Å². The molecule has 0 unspecified atom stereocenters. The van der Waals surface area contributed by atoms with Crippen molar-refractivity contribution in [3.63, 3.8) is 0 Å². The summed E-state index contributed by atoms with van der Waals surface area (Å²) in [5.74, 6) is 0.970. The second-order valence-electron chi connectivity index (χ2n) is 4.83. The molecule has 1 aliphatic rings. The first kappa shape index (κ1) is 11.3. The molecular formula is C13H19NO2. The summed E-state index contributed by atoms with van der Waals surface area (Å²) in [6.45, 7) is 3.94. The molecule has 0 spiro atoms. The Hall–Kier alpha value is -1.22. The molecule has 3 nitrogen and oxygen atoms in total. The van der Waals surface area contributed by atoms with Crippen LogP contribution in [0.4, 0.5) is 0 Å². The third-order valence-electron chi connectivity index (χ3n) is 3.11. The fraction of sp³-hybridized carbons (Fsp3) is 0.538. The molecule has 0 heterocycles. The van der Waals surface area contributed by atoms with Gasteiger partial charge in [-0.05, 0) is 45.2 Å². The minimum Gasteiger partial charge on any atom is -0.507 e. The van der Waals surface area contributed by atoms with Crippen LogP contribution in [0.2, 0.25) is 0 Å². The number of nitrogens with two attached hydrogens (primary N) is 1. The van der Waals surface area contributed by atoms with Gasteiger partial charge in [0, 0.05) is 5.54 Å². The zero-order valence-corrected chi connectivity index (χ0v) is 9.86. The minimum absolute atomic E-state index is 0.0872. The zero-order chi connectivity index (χ0) is 11.8. The maximum absolute atomic E-state index is 9.94. The Bertz CT molecular complexity index is 384. The van der Waals surface area contributed by atoms with Crippen molar-refractivity contribution in [2.45, 2.75) is 44.8 Å². The van der Waals surface area contributed by atoms with Gasteiger partial charge in [0.25, 0.3) is 0 Å². The van der Waals surface area contributed by atoms with Crippen molar-refractivity contribution in [1.82, 2.24) is 0 Å². The van der Waals surface area contributed by atoms with Gasteiger partial charge in [-0.3, -0.25) is 0 Å². The smallest absolute Gasteiger partial charge is 0.128 e. The summed E-state index contributed by atoms with van der Waals surface area (Å²) < 4.78 is 5.71. The molecule has 0 bridgehead atoms. The Balaban J connectivity index is 2.40. The molecule has 0 radical (unpaired) electrons. The Morgan fingerprint density at radius 1 is 1.38 bits per heavy atom. The number of hydrogen-bond acceptors (Lipinski definition) is 3. The lowest BCUT2D eigenvalue weighted by Crippen LogP contribution is -2.43. The van der Waals surface area contributed by atoms with E-state index in [0.717, 1.165) is 30.6 Å².